The van der Waals surface area contributed by atoms with E-state index in [2.05, 4.69) is 32.7 Å². The second kappa shape index (κ2) is 14.3. The molecule has 1 heterocycles. The fourth-order valence-electron chi connectivity index (χ4n) is 4.88. The molecule has 0 bridgehead atoms. The Bertz CT molecular complexity index is 647. The number of aliphatic imine (C=N–C) groups is 1. The average molecular weight is 577 g/mol. The third-order valence-corrected chi connectivity index (χ3v) is 6.99. The second-order valence-electron chi connectivity index (χ2n) is 9.92. The molecule has 0 aromatic rings. The number of guanidine groups is 1. The molecule has 33 heavy (non-hydrogen) atoms. The van der Waals surface area contributed by atoms with Crippen LogP contribution >= 0.6 is 24.0 Å². The SMILES string of the molecule is CCNC(=NCCN1CCN(C(=O)C2CCC2)CC1)NC1CCCC(C(=O)NC(C)C)C1.I. The Kier molecular flexibility index (Phi) is 12.2. The number of hydrogen-bond donors (Lipinski definition) is 3. The molecule has 2 amide bonds. The van der Waals surface area contributed by atoms with Crippen molar-refractivity contribution in [1.29, 1.82) is 0 Å². The van der Waals surface area contributed by atoms with Crippen LogP contribution in [0.15, 0.2) is 4.99 Å². The van der Waals surface area contributed by atoms with Crippen molar-refractivity contribution >= 4 is 41.8 Å². The average Bonchev–Trinajstić information content (AvgIpc) is 2.73. The minimum atomic E-state index is 0. The maximum Gasteiger partial charge on any atom is 0.225 e. The van der Waals surface area contributed by atoms with E-state index in [1.54, 1.807) is 0 Å². The van der Waals surface area contributed by atoms with Crippen LogP contribution < -0.4 is 16.0 Å². The lowest BCUT2D eigenvalue weighted by Gasteiger charge is -2.38. The van der Waals surface area contributed by atoms with E-state index in [1.807, 2.05) is 13.8 Å². The predicted molar refractivity (Wildman–Crippen MR) is 144 cm³/mol. The van der Waals surface area contributed by atoms with Crippen LogP contribution in [0.1, 0.15) is 65.7 Å². The lowest BCUT2D eigenvalue weighted by Crippen LogP contribution is -2.51. The zero-order valence-electron chi connectivity index (χ0n) is 20.8. The highest BCUT2D eigenvalue weighted by Crippen LogP contribution is 2.28. The first-order valence-electron chi connectivity index (χ1n) is 12.8. The number of carbonyl (C=O) groups excluding carboxylic acids is 2. The maximum atomic E-state index is 12.4. The summed E-state index contributed by atoms with van der Waals surface area (Å²) in [6, 6.07) is 0.471. The van der Waals surface area contributed by atoms with Gasteiger partial charge in [0.1, 0.15) is 0 Å². The molecule has 0 radical (unpaired) electrons. The zero-order valence-corrected chi connectivity index (χ0v) is 23.1. The third-order valence-electron chi connectivity index (χ3n) is 6.99. The summed E-state index contributed by atoms with van der Waals surface area (Å²) < 4.78 is 0. The first-order valence-corrected chi connectivity index (χ1v) is 12.8. The fourth-order valence-corrected chi connectivity index (χ4v) is 4.88. The van der Waals surface area contributed by atoms with Crippen LogP contribution in [0, 0.1) is 11.8 Å². The molecule has 2 aliphatic carbocycles. The minimum absolute atomic E-state index is 0. The van der Waals surface area contributed by atoms with Gasteiger partial charge in [0, 0.05) is 63.2 Å². The molecule has 0 aromatic heterocycles. The second-order valence-corrected chi connectivity index (χ2v) is 9.92. The highest BCUT2D eigenvalue weighted by atomic mass is 127. The van der Waals surface area contributed by atoms with Crippen LogP contribution in [0.5, 0.6) is 0 Å². The Morgan fingerprint density at radius 3 is 2.27 bits per heavy atom. The number of halogens is 1. The topological polar surface area (TPSA) is 89.1 Å². The molecule has 3 fully saturated rings. The Labute approximate surface area is 217 Å². The molecular formula is C24H45IN6O2. The van der Waals surface area contributed by atoms with Gasteiger partial charge >= 0.3 is 0 Å². The van der Waals surface area contributed by atoms with Crippen molar-refractivity contribution in [2.45, 2.75) is 77.8 Å². The van der Waals surface area contributed by atoms with Crippen molar-refractivity contribution in [3.63, 3.8) is 0 Å². The molecule has 0 aromatic carbocycles. The molecule has 3 N–H and O–H groups in total. The van der Waals surface area contributed by atoms with E-state index in [0.717, 1.165) is 90.3 Å². The summed E-state index contributed by atoms with van der Waals surface area (Å²) in [6.45, 7) is 12.1. The summed E-state index contributed by atoms with van der Waals surface area (Å²) in [5.74, 6) is 1.80. The summed E-state index contributed by atoms with van der Waals surface area (Å²) in [6.07, 6.45) is 7.35. The highest BCUT2D eigenvalue weighted by molar-refractivity contribution is 14.0. The number of rotatable bonds is 8. The van der Waals surface area contributed by atoms with Crippen LogP contribution in [0.2, 0.25) is 0 Å². The van der Waals surface area contributed by atoms with Gasteiger partial charge in [-0.25, -0.2) is 0 Å². The van der Waals surface area contributed by atoms with Crippen molar-refractivity contribution in [3.8, 4) is 0 Å². The van der Waals surface area contributed by atoms with Crippen LogP contribution in [0.25, 0.3) is 0 Å². The lowest BCUT2D eigenvalue weighted by molar-refractivity contribution is -0.139. The van der Waals surface area contributed by atoms with E-state index < -0.39 is 0 Å². The van der Waals surface area contributed by atoms with Gasteiger partial charge in [-0.1, -0.05) is 12.8 Å². The summed E-state index contributed by atoms with van der Waals surface area (Å²) in [5.41, 5.74) is 0. The largest absolute Gasteiger partial charge is 0.357 e. The summed E-state index contributed by atoms with van der Waals surface area (Å²) in [7, 11) is 0. The van der Waals surface area contributed by atoms with Crippen molar-refractivity contribution < 1.29 is 9.59 Å². The molecule has 1 aliphatic heterocycles. The van der Waals surface area contributed by atoms with Crippen LogP contribution in [-0.2, 0) is 9.59 Å². The standard InChI is InChI=1S/C24H44N6O2.HI/c1-4-25-24(28-21-10-6-9-20(17-21)22(31)27-18(2)3)26-11-12-29-13-15-30(16-14-29)23(32)19-7-5-8-19;/h18-21H,4-17H2,1-3H3,(H,27,31)(H2,25,26,28);1H. The predicted octanol–water partition coefficient (Wildman–Crippen LogP) is 2.19. The molecule has 8 nitrogen and oxygen atoms in total. The Balaban J connectivity index is 0.00000385. The van der Waals surface area contributed by atoms with E-state index >= 15 is 0 Å². The van der Waals surface area contributed by atoms with E-state index in [4.69, 9.17) is 4.99 Å². The lowest BCUT2D eigenvalue weighted by atomic mass is 9.84. The first kappa shape index (κ1) is 28.1. The van der Waals surface area contributed by atoms with Gasteiger partial charge in [-0.05, 0) is 52.9 Å². The summed E-state index contributed by atoms with van der Waals surface area (Å²) in [5, 5.41) is 9.99. The monoisotopic (exact) mass is 576 g/mol. The number of nitrogens with zero attached hydrogens (tertiary/aromatic N) is 3. The fraction of sp³-hybridized carbons (Fsp3) is 0.875. The van der Waals surface area contributed by atoms with Crippen molar-refractivity contribution in [2.75, 3.05) is 45.8 Å². The molecule has 0 spiro atoms. The Morgan fingerprint density at radius 1 is 1.00 bits per heavy atom. The van der Waals surface area contributed by atoms with Gasteiger partial charge < -0.3 is 20.9 Å². The Hall–Kier alpha value is -1.10. The molecule has 3 aliphatic rings. The number of amides is 2. The summed E-state index contributed by atoms with van der Waals surface area (Å²) in [4.78, 5) is 34.1. The highest BCUT2D eigenvalue weighted by Gasteiger charge is 2.31. The van der Waals surface area contributed by atoms with Gasteiger partial charge in [0.15, 0.2) is 5.96 Å². The van der Waals surface area contributed by atoms with Crippen LogP contribution in [-0.4, -0.2) is 85.5 Å². The van der Waals surface area contributed by atoms with E-state index in [9.17, 15) is 9.59 Å². The van der Waals surface area contributed by atoms with Crippen LogP contribution in [0.4, 0.5) is 0 Å². The number of hydrogen-bond acceptors (Lipinski definition) is 4. The van der Waals surface area contributed by atoms with Gasteiger partial charge in [0.25, 0.3) is 0 Å². The minimum Gasteiger partial charge on any atom is -0.357 e. The van der Waals surface area contributed by atoms with Crippen molar-refractivity contribution in [3.05, 3.63) is 0 Å². The van der Waals surface area contributed by atoms with Gasteiger partial charge in [0.05, 0.1) is 6.54 Å². The van der Waals surface area contributed by atoms with Crippen molar-refractivity contribution in [1.82, 2.24) is 25.8 Å². The molecule has 9 heteroatoms. The first-order chi connectivity index (χ1) is 15.5. The molecule has 190 valence electrons. The smallest absolute Gasteiger partial charge is 0.225 e. The van der Waals surface area contributed by atoms with Gasteiger partial charge in [-0.3, -0.25) is 19.5 Å². The number of piperazine rings is 1. The maximum absolute atomic E-state index is 12.4. The van der Waals surface area contributed by atoms with Gasteiger partial charge in [0.2, 0.25) is 11.8 Å². The van der Waals surface area contributed by atoms with Gasteiger partial charge in [-0.2, -0.15) is 0 Å². The molecule has 2 saturated carbocycles. The Morgan fingerprint density at radius 2 is 1.67 bits per heavy atom. The van der Waals surface area contributed by atoms with Crippen molar-refractivity contribution in [2.24, 2.45) is 16.8 Å². The van der Waals surface area contributed by atoms with E-state index in [-0.39, 0.29) is 47.9 Å². The molecule has 1 saturated heterocycles. The normalized spacial score (nSPS) is 24.6. The zero-order chi connectivity index (χ0) is 22.9. The molecule has 2 unspecified atom stereocenters. The molecule has 2 atom stereocenters. The van der Waals surface area contributed by atoms with Gasteiger partial charge in [-0.15, -0.1) is 24.0 Å². The number of carbonyl (C=O) groups is 2. The summed E-state index contributed by atoms with van der Waals surface area (Å²) >= 11 is 0. The quantitative estimate of drug-likeness (QED) is 0.234. The van der Waals surface area contributed by atoms with Crippen LogP contribution in [0.3, 0.4) is 0 Å². The molecule has 3 rings (SSSR count). The van der Waals surface area contributed by atoms with E-state index in [1.165, 1.54) is 6.42 Å². The molecular weight excluding hydrogens is 531 g/mol. The number of nitrogens with one attached hydrogen (secondary N) is 3. The van der Waals surface area contributed by atoms with E-state index in [0.29, 0.717) is 11.8 Å². The third kappa shape index (κ3) is 8.88.